The number of hydrogen-bond acceptors (Lipinski definition) is 5. The van der Waals surface area contributed by atoms with Crippen molar-refractivity contribution in [3.8, 4) is 40.1 Å². The molecule has 7 nitrogen and oxygen atoms in total. The van der Waals surface area contributed by atoms with Crippen molar-refractivity contribution >= 4 is 38.9 Å². The molecule has 0 radical (unpaired) electrons. The van der Waals surface area contributed by atoms with Crippen LogP contribution in [0.25, 0.3) is 60.6 Å². The smallest absolute Gasteiger partial charge is 0.236 e. The Morgan fingerprint density at radius 1 is 0.679 bits per heavy atom. The minimum absolute atomic E-state index is 0.0301. The Morgan fingerprint density at radius 3 is 1.72 bits per heavy atom. The van der Waals surface area contributed by atoms with Crippen LogP contribution in [-0.4, -0.2) is 30.2 Å². The fourth-order valence-electron chi connectivity index (χ4n) is 6.51. The predicted octanol–water partition coefficient (Wildman–Crippen LogP) is 9.98. The molecule has 2 heterocycles. The van der Waals surface area contributed by atoms with E-state index in [2.05, 4.69) is 24.8 Å². The maximum Gasteiger partial charge on any atom is 0.465 e. The second kappa shape index (κ2) is 12.0. The Hall–Kier alpha value is -7.06. The third-order valence-electron chi connectivity index (χ3n) is 8.96. The van der Waals surface area contributed by atoms with E-state index in [-0.39, 0.29) is 38.5 Å². The Bertz CT molecular complexity index is 2840. The summed E-state index contributed by atoms with van der Waals surface area (Å²) >= 11 is 0. The van der Waals surface area contributed by atoms with Crippen molar-refractivity contribution in [1.82, 2.24) is 19.9 Å². The van der Waals surface area contributed by atoms with Crippen molar-refractivity contribution < 1.29 is 35.3 Å². The quantitative estimate of drug-likeness (QED) is 0.0454. The number of nitrogens with zero attached hydrogens (tertiary/aromatic N) is 7. The first-order valence-corrected chi connectivity index (χ1v) is 15.6. The number of aromatic nitrogens is 4. The minimum atomic E-state index is -4.97. The van der Waals surface area contributed by atoms with E-state index >= 15 is 17.6 Å². The average molecular weight is 717 g/mol. The first kappa shape index (κ1) is 33.1. The number of nitriles is 1. The van der Waals surface area contributed by atoms with E-state index in [1.807, 2.05) is 0 Å². The van der Waals surface area contributed by atoms with Crippen molar-refractivity contribution in [3.63, 3.8) is 0 Å². The van der Waals surface area contributed by atoms with Crippen LogP contribution in [0, 0.1) is 48.2 Å². The molecule has 53 heavy (non-hydrogen) atoms. The van der Waals surface area contributed by atoms with Crippen molar-refractivity contribution in [2.45, 2.75) is 13.1 Å². The fourth-order valence-corrected chi connectivity index (χ4v) is 6.51. The molecule has 0 atom stereocenters. The lowest BCUT2D eigenvalue weighted by Crippen LogP contribution is -2.18. The minimum Gasteiger partial charge on any atom is -0.236 e. The van der Waals surface area contributed by atoms with Crippen LogP contribution < -0.4 is 0 Å². The number of fused-ring (bicyclic) bond motifs is 5. The second-order valence-electron chi connectivity index (χ2n) is 12.0. The highest BCUT2D eigenvalue weighted by Crippen LogP contribution is 2.47. The molecule has 0 amide bonds. The lowest BCUT2D eigenvalue weighted by atomic mass is 9.95. The van der Waals surface area contributed by atoms with E-state index in [0.717, 1.165) is 12.1 Å². The number of benzene rings is 5. The molecule has 0 unspecified atom stereocenters. The maximum absolute atomic E-state index is 15.7. The largest absolute Gasteiger partial charge is 0.465 e. The van der Waals surface area contributed by atoms with Gasteiger partial charge in [0.1, 0.15) is 0 Å². The van der Waals surface area contributed by atoms with Gasteiger partial charge >= 0.3 is 12.4 Å². The first-order chi connectivity index (χ1) is 25.4. The van der Waals surface area contributed by atoms with Crippen LogP contribution in [0.1, 0.15) is 22.3 Å². The highest BCUT2D eigenvalue weighted by Gasteiger charge is 2.41. The first-order valence-electron chi connectivity index (χ1n) is 15.6. The zero-order chi connectivity index (χ0) is 37.3. The van der Waals surface area contributed by atoms with Crippen LogP contribution in [-0.2, 0) is 6.18 Å². The molecule has 1 aliphatic rings. The summed E-state index contributed by atoms with van der Waals surface area (Å²) < 4.78 is 106. The molecule has 0 spiro atoms. The van der Waals surface area contributed by atoms with Crippen molar-refractivity contribution in [2.24, 2.45) is 0 Å². The topological polar surface area (TPSA) is 82.7 Å². The Morgan fingerprint density at radius 2 is 1.19 bits per heavy atom. The molecule has 256 valence electrons. The van der Waals surface area contributed by atoms with E-state index in [1.54, 1.807) is 67.8 Å². The van der Waals surface area contributed by atoms with Gasteiger partial charge in [-0.3, -0.25) is 0 Å². The number of aryl methyl sites for hydroxylation is 1. The van der Waals surface area contributed by atoms with Crippen molar-refractivity contribution in [3.05, 3.63) is 142 Å². The Balaban J connectivity index is 1.49. The molecule has 2 aromatic heterocycles. The van der Waals surface area contributed by atoms with Gasteiger partial charge < -0.3 is 0 Å². The number of halogens is 7. The fraction of sp³-hybridized carbons (Fsp3) is 0.0513. The highest BCUT2D eigenvalue weighted by atomic mass is 19.4. The summed E-state index contributed by atoms with van der Waals surface area (Å²) in [6, 6.07) is 18.4. The molecule has 0 saturated heterocycles. The van der Waals surface area contributed by atoms with Gasteiger partial charge in [0.15, 0.2) is 45.9 Å². The van der Waals surface area contributed by atoms with Gasteiger partial charge in [0.25, 0.3) is 5.69 Å². The molecule has 14 heteroatoms. The van der Waals surface area contributed by atoms with Gasteiger partial charge in [0, 0.05) is 45.4 Å². The third kappa shape index (κ3) is 5.14. The van der Waals surface area contributed by atoms with Crippen molar-refractivity contribution in [1.29, 1.82) is 5.26 Å². The molecule has 0 saturated carbocycles. The molecule has 0 bridgehead atoms. The summed E-state index contributed by atoms with van der Waals surface area (Å²) in [7, 11) is 0. The standard InChI is InChI=1S/C39H17F7N7/c1-18-11-22-23-14-27(39(44,45)46)26(38-50-16-20-8-4-6-10-29(20)52-38)13-25(23)35(53(17-47)36-32(42)30(40)34(48-2)31(41)33(36)43)24(22)12-21(18)37-49-15-19-7-3-5-9-28(19)51-37/h3-16H,1H3/q+1. The molecule has 5 aromatic carbocycles. The van der Waals surface area contributed by atoms with Gasteiger partial charge in [-0.05, 0) is 60.0 Å². The molecule has 8 rings (SSSR count). The second-order valence-corrected chi connectivity index (χ2v) is 12.0. The van der Waals surface area contributed by atoms with E-state index in [4.69, 9.17) is 6.57 Å². The van der Waals surface area contributed by atoms with Gasteiger partial charge in [0.2, 0.25) is 5.69 Å². The van der Waals surface area contributed by atoms with Crippen LogP contribution in [0.15, 0.2) is 85.2 Å². The average Bonchev–Trinajstić information content (AvgIpc) is 3.46. The lowest BCUT2D eigenvalue weighted by molar-refractivity contribution is -0.345. The highest BCUT2D eigenvalue weighted by molar-refractivity contribution is 6.23. The predicted molar refractivity (Wildman–Crippen MR) is 180 cm³/mol. The number of hydrogen-bond donors (Lipinski definition) is 0. The molecular formula is C39H17F7N7+. The van der Waals surface area contributed by atoms with E-state index < -0.39 is 57.7 Å². The molecule has 0 N–H and O–H groups in total. The summed E-state index contributed by atoms with van der Waals surface area (Å²) in [6.45, 7) is 8.67. The van der Waals surface area contributed by atoms with E-state index in [9.17, 15) is 18.4 Å². The maximum atomic E-state index is 15.7. The summed E-state index contributed by atoms with van der Waals surface area (Å²) in [5.41, 5.74) is -3.68. The van der Waals surface area contributed by atoms with Crippen LogP contribution in [0.3, 0.4) is 0 Å². The van der Waals surface area contributed by atoms with Crippen LogP contribution in [0.5, 0.6) is 0 Å². The number of rotatable bonds is 3. The lowest BCUT2D eigenvalue weighted by Gasteiger charge is -2.15. The van der Waals surface area contributed by atoms with Crippen LogP contribution in [0.4, 0.5) is 42.1 Å². The molecule has 1 aliphatic carbocycles. The zero-order valence-electron chi connectivity index (χ0n) is 26.9. The Kier molecular flexibility index (Phi) is 7.51. The molecule has 0 fully saturated rings. The monoisotopic (exact) mass is 716 g/mol. The summed E-state index contributed by atoms with van der Waals surface area (Å²) in [5, 5.41) is 11.7. The molecule has 7 aromatic rings. The zero-order valence-corrected chi connectivity index (χ0v) is 26.9. The number of para-hydroxylation sites is 2. The van der Waals surface area contributed by atoms with Gasteiger partial charge in [-0.1, -0.05) is 36.4 Å². The summed E-state index contributed by atoms with van der Waals surface area (Å²) in [5.74, 6) is -8.40. The van der Waals surface area contributed by atoms with Crippen LogP contribution >= 0.6 is 0 Å². The van der Waals surface area contributed by atoms with Gasteiger partial charge in [-0.15, -0.1) is 4.58 Å². The molecule has 0 aliphatic heterocycles. The third-order valence-corrected chi connectivity index (χ3v) is 8.96. The molecular weight excluding hydrogens is 699 g/mol. The number of alkyl halides is 3. The normalized spacial score (nSPS) is 13.1. The van der Waals surface area contributed by atoms with Crippen molar-refractivity contribution in [2.75, 3.05) is 0 Å². The van der Waals surface area contributed by atoms with Gasteiger partial charge in [-0.2, -0.15) is 13.2 Å². The SMILES string of the molecule is [C-]#[N+]c1c(F)c(F)c([N+](C#N)=C2c3cc(-c4ncc5ccccc5n4)c(C)cc3-c3cc(C(F)(F)F)c(-c4ncc5ccccc5n4)cc32)c(F)c1F. The van der Waals surface area contributed by atoms with E-state index in [0.29, 0.717) is 32.9 Å². The van der Waals surface area contributed by atoms with Crippen LogP contribution in [0.2, 0.25) is 0 Å². The van der Waals surface area contributed by atoms with Gasteiger partial charge in [-0.25, -0.2) is 42.3 Å². The Labute approximate surface area is 294 Å². The summed E-state index contributed by atoms with van der Waals surface area (Å²) in [6.07, 6.45) is -0.509. The van der Waals surface area contributed by atoms with Gasteiger partial charge in [0.05, 0.1) is 23.2 Å². The summed E-state index contributed by atoms with van der Waals surface area (Å²) in [4.78, 5) is 20.1. The van der Waals surface area contributed by atoms with E-state index in [1.165, 1.54) is 18.3 Å².